The van der Waals surface area contributed by atoms with E-state index in [1.165, 1.54) is 19.2 Å². The number of rotatable bonds is 9. The van der Waals surface area contributed by atoms with E-state index >= 15 is 0 Å². The molecule has 0 saturated heterocycles. The molecule has 0 radical (unpaired) electrons. The molecule has 2 N–H and O–H groups in total. The monoisotopic (exact) mass is 490 g/mol. The third-order valence-corrected chi connectivity index (χ3v) is 5.90. The number of methoxy groups -OCH3 is 1. The Balaban J connectivity index is 1.89. The summed E-state index contributed by atoms with van der Waals surface area (Å²) in [6.07, 6.45) is -3.36. The lowest BCUT2D eigenvalue weighted by atomic mass is 9.95. The van der Waals surface area contributed by atoms with Gasteiger partial charge in [0, 0.05) is 13.1 Å². The molecule has 0 aliphatic rings. The maximum atomic E-state index is 12.9. The third kappa shape index (κ3) is 6.52. The lowest BCUT2D eigenvalue weighted by Crippen LogP contribution is -2.38. The van der Waals surface area contributed by atoms with Crippen molar-refractivity contribution in [2.45, 2.75) is 31.1 Å². The average Bonchev–Trinajstić information content (AvgIpc) is 2.84. The van der Waals surface area contributed by atoms with E-state index in [-0.39, 0.29) is 11.9 Å². The SMILES string of the molecule is CNC(=O)[C@H](N[C@H](CCc1ccc(C(F)(F)F)cc1)c1ccc(Cl)c(OC)c1)c1ccccc1. The van der Waals surface area contributed by atoms with Gasteiger partial charge >= 0.3 is 6.18 Å². The van der Waals surface area contributed by atoms with E-state index in [1.807, 2.05) is 36.4 Å². The van der Waals surface area contributed by atoms with E-state index in [9.17, 15) is 18.0 Å². The molecule has 3 aromatic carbocycles. The Morgan fingerprint density at radius 2 is 1.68 bits per heavy atom. The summed E-state index contributed by atoms with van der Waals surface area (Å²) in [7, 11) is 3.09. The Morgan fingerprint density at radius 3 is 2.26 bits per heavy atom. The molecule has 0 heterocycles. The molecule has 0 saturated carbocycles. The van der Waals surface area contributed by atoms with E-state index in [2.05, 4.69) is 10.6 Å². The van der Waals surface area contributed by atoms with Gasteiger partial charge in [-0.3, -0.25) is 10.1 Å². The van der Waals surface area contributed by atoms with Crippen molar-refractivity contribution in [3.63, 3.8) is 0 Å². The standard InChI is InChI=1S/C26H26ClF3N2O2/c1-31-25(33)24(18-6-4-3-5-7-18)32-22(19-11-14-21(27)23(16-19)34-2)15-10-17-8-12-20(13-9-17)26(28,29)30/h3-9,11-14,16,22,24,32H,10,15H2,1-2H3,(H,31,33)/t22-,24-/m1/s1. The number of carbonyl (C=O) groups is 1. The number of carbonyl (C=O) groups excluding carboxylic acids is 1. The maximum Gasteiger partial charge on any atom is 0.416 e. The largest absolute Gasteiger partial charge is 0.495 e. The van der Waals surface area contributed by atoms with Gasteiger partial charge in [-0.2, -0.15) is 13.2 Å². The summed E-state index contributed by atoms with van der Waals surface area (Å²) in [5, 5.41) is 6.57. The molecule has 0 aliphatic carbocycles. The van der Waals surface area contributed by atoms with Crippen molar-refractivity contribution < 1.29 is 22.7 Å². The lowest BCUT2D eigenvalue weighted by Gasteiger charge is -2.26. The van der Waals surface area contributed by atoms with Crippen LogP contribution >= 0.6 is 11.6 Å². The predicted molar refractivity (Wildman–Crippen MR) is 127 cm³/mol. The smallest absolute Gasteiger partial charge is 0.416 e. The Bertz CT molecular complexity index is 1090. The van der Waals surface area contributed by atoms with Crippen molar-refractivity contribution in [3.05, 3.63) is 100 Å². The highest BCUT2D eigenvalue weighted by atomic mass is 35.5. The van der Waals surface area contributed by atoms with Crippen molar-refractivity contribution >= 4 is 17.5 Å². The number of halogens is 4. The van der Waals surface area contributed by atoms with Gasteiger partial charge in [-0.15, -0.1) is 0 Å². The van der Waals surface area contributed by atoms with Gasteiger partial charge < -0.3 is 10.1 Å². The van der Waals surface area contributed by atoms with Crippen molar-refractivity contribution in [1.29, 1.82) is 0 Å². The molecule has 3 aromatic rings. The molecule has 0 fully saturated rings. The highest BCUT2D eigenvalue weighted by Crippen LogP contribution is 2.32. The first-order valence-electron chi connectivity index (χ1n) is 10.7. The van der Waals surface area contributed by atoms with E-state index in [0.717, 1.165) is 28.8 Å². The number of benzene rings is 3. The van der Waals surface area contributed by atoms with Crippen LogP contribution < -0.4 is 15.4 Å². The summed E-state index contributed by atoms with van der Waals surface area (Å²) in [4.78, 5) is 12.7. The van der Waals surface area contributed by atoms with Crippen LogP contribution in [-0.2, 0) is 17.4 Å². The predicted octanol–water partition coefficient (Wildman–Crippen LogP) is 6.12. The first-order valence-corrected chi connectivity index (χ1v) is 11.1. The minimum atomic E-state index is -4.38. The summed E-state index contributed by atoms with van der Waals surface area (Å²) < 4.78 is 44.1. The molecule has 2 atom stereocenters. The zero-order valence-corrected chi connectivity index (χ0v) is 19.6. The lowest BCUT2D eigenvalue weighted by molar-refractivity contribution is -0.137. The second kappa shape index (κ2) is 11.4. The molecule has 8 heteroatoms. The third-order valence-electron chi connectivity index (χ3n) is 5.59. The van der Waals surface area contributed by atoms with E-state index in [0.29, 0.717) is 23.6 Å². The number of nitrogens with one attached hydrogen (secondary N) is 2. The Labute approximate surface area is 202 Å². The molecule has 0 unspecified atom stereocenters. The van der Waals surface area contributed by atoms with E-state index in [4.69, 9.17) is 16.3 Å². The van der Waals surface area contributed by atoms with Gasteiger partial charge in [-0.1, -0.05) is 60.1 Å². The number of aryl methyl sites for hydroxylation is 1. The van der Waals surface area contributed by atoms with Crippen LogP contribution in [0.25, 0.3) is 0 Å². The minimum absolute atomic E-state index is 0.202. The van der Waals surface area contributed by atoms with Gasteiger partial charge in [-0.25, -0.2) is 0 Å². The quantitative estimate of drug-likeness (QED) is 0.380. The number of hydrogen-bond acceptors (Lipinski definition) is 3. The zero-order valence-electron chi connectivity index (χ0n) is 18.8. The van der Waals surface area contributed by atoms with Crippen LogP contribution in [-0.4, -0.2) is 20.1 Å². The summed E-state index contributed by atoms with van der Waals surface area (Å²) in [5.41, 5.74) is 1.72. The highest BCUT2D eigenvalue weighted by Gasteiger charge is 2.30. The van der Waals surface area contributed by atoms with Gasteiger partial charge in [0.25, 0.3) is 0 Å². The zero-order chi connectivity index (χ0) is 24.7. The number of hydrogen-bond donors (Lipinski definition) is 2. The average molecular weight is 491 g/mol. The van der Waals surface area contributed by atoms with Crippen LogP contribution in [0.3, 0.4) is 0 Å². The van der Waals surface area contributed by atoms with E-state index in [1.54, 1.807) is 19.2 Å². The molecule has 0 spiro atoms. The molecule has 34 heavy (non-hydrogen) atoms. The van der Waals surface area contributed by atoms with Gasteiger partial charge in [0.1, 0.15) is 11.8 Å². The van der Waals surface area contributed by atoms with Crippen molar-refractivity contribution in [2.75, 3.05) is 14.2 Å². The summed E-state index contributed by atoms with van der Waals surface area (Å²) in [6.45, 7) is 0. The fourth-order valence-corrected chi connectivity index (χ4v) is 3.92. The normalized spacial score (nSPS) is 13.2. The van der Waals surface area contributed by atoms with Crippen molar-refractivity contribution in [1.82, 2.24) is 10.6 Å². The summed E-state index contributed by atoms with van der Waals surface area (Å²) in [6, 6.07) is 18.9. The molecule has 180 valence electrons. The molecule has 4 nitrogen and oxygen atoms in total. The first-order chi connectivity index (χ1) is 16.2. The molecule has 0 aliphatic heterocycles. The van der Waals surface area contributed by atoms with Crippen molar-refractivity contribution in [3.8, 4) is 5.75 Å². The Hall–Kier alpha value is -3.03. The summed E-state index contributed by atoms with van der Waals surface area (Å²) >= 11 is 6.20. The number of likely N-dealkylation sites (N-methyl/N-ethyl adjacent to an activating group) is 1. The van der Waals surface area contributed by atoms with Gasteiger partial charge in [0.15, 0.2) is 0 Å². The minimum Gasteiger partial charge on any atom is -0.495 e. The van der Waals surface area contributed by atoms with Gasteiger partial charge in [-0.05, 0) is 53.8 Å². The van der Waals surface area contributed by atoms with Crippen LogP contribution in [0, 0.1) is 0 Å². The molecule has 0 bridgehead atoms. The molecule has 1 amide bonds. The van der Waals surface area contributed by atoms with Crippen LogP contribution in [0.2, 0.25) is 5.02 Å². The Kier molecular flexibility index (Phi) is 8.58. The van der Waals surface area contributed by atoms with Crippen molar-refractivity contribution in [2.24, 2.45) is 0 Å². The van der Waals surface area contributed by atoms with E-state index < -0.39 is 17.8 Å². The Morgan fingerprint density at radius 1 is 1.00 bits per heavy atom. The van der Waals surface area contributed by atoms with Gasteiger partial charge in [0.05, 0.1) is 17.7 Å². The van der Waals surface area contributed by atoms with Crippen LogP contribution in [0.1, 0.15) is 40.8 Å². The number of ether oxygens (including phenoxy) is 1. The molecular formula is C26H26ClF3N2O2. The highest BCUT2D eigenvalue weighted by molar-refractivity contribution is 6.32. The summed E-state index contributed by atoms with van der Waals surface area (Å²) in [5.74, 6) is 0.295. The van der Waals surface area contributed by atoms with Gasteiger partial charge in [0.2, 0.25) is 5.91 Å². The molecular weight excluding hydrogens is 465 g/mol. The first kappa shape index (κ1) is 25.6. The second-order valence-electron chi connectivity index (χ2n) is 7.80. The number of amides is 1. The molecule has 0 aromatic heterocycles. The van der Waals surface area contributed by atoms with Crippen LogP contribution in [0.4, 0.5) is 13.2 Å². The maximum absolute atomic E-state index is 12.9. The van der Waals surface area contributed by atoms with Crippen LogP contribution in [0.5, 0.6) is 5.75 Å². The topological polar surface area (TPSA) is 50.4 Å². The fraction of sp³-hybridized carbons (Fsp3) is 0.269. The molecule has 3 rings (SSSR count). The second-order valence-corrected chi connectivity index (χ2v) is 8.21. The fourth-order valence-electron chi connectivity index (χ4n) is 3.73. The number of alkyl halides is 3. The van der Waals surface area contributed by atoms with Crippen LogP contribution in [0.15, 0.2) is 72.8 Å².